The number of carbonyl (C=O) groups is 1. The minimum atomic E-state index is -4.97. The van der Waals surface area contributed by atoms with Gasteiger partial charge in [0.25, 0.3) is 0 Å². The zero-order chi connectivity index (χ0) is 18.8. The molecule has 2 atom stereocenters. The van der Waals surface area contributed by atoms with Gasteiger partial charge in [-0.25, -0.2) is 4.79 Å². The highest BCUT2D eigenvalue weighted by Crippen LogP contribution is 2.37. The van der Waals surface area contributed by atoms with Crippen molar-refractivity contribution in [2.75, 3.05) is 5.32 Å². The topological polar surface area (TPSA) is 67.1 Å². The molecule has 0 heterocycles. The smallest absolute Gasteiger partial charge is 0.334 e. The minimum absolute atomic E-state index is 0.000133. The molecule has 1 aromatic rings. The molecular weight excluding hydrogens is 352 g/mol. The second-order valence-electron chi connectivity index (χ2n) is 5.95. The Bertz CT molecular complexity index is 596. The lowest BCUT2D eigenvalue weighted by Gasteiger charge is -2.29. The van der Waals surface area contributed by atoms with Crippen LogP contribution >= 0.6 is 0 Å². The molecule has 4 nitrogen and oxygen atoms in total. The van der Waals surface area contributed by atoms with Gasteiger partial charge in [0.15, 0.2) is 0 Å². The summed E-state index contributed by atoms with van der Waals surface area (Å²) in [4.78, 5) is 11.9. The number of amides is 2. The molecule has 1 saturated carbocycles. The van der Waals surface area contributed by atoms with Crippen molar-refractivity contribution in [3.8, 4) is 0 Å². The quantitative estimate of drug-likeness (QED) is 0.687. The fourth-order valence-electron chi connectivity index (χ4n) is 2.70. The summed E-state index contributed by atoms with van der Waals surface area (Å²) in [5.74, 6) is 0. The summed E-state index contributed by atoms with van der Waals surface area (Å²) in [6, 6.07) is -0.658. The molecule has 0 saturated heterocycles. The zero-order valence-corrected chi connectivity index (χ0v) is 13.0. The first-order valence-corrected chi connectivity index (χ1v) is 7.59. The van der Waals surface area contributed by atoms with Gasteiger partial charge in [0, 0.05) is 17.8 Å². The second-order valence-corrected chi connectivity index (χ2v) is 5.95. The Labute approximate surface area is 139 Å². The Kier molecular flexibility index (Phi) is 5.50. The average molecular weight is 369 g/mol. The fourth-order valence-corrected chi connectivity index (χ4v) is 2.70. The molecule has 1 aliphatic rings. The third-order valence-electron chi connectivity index (χ3n) is 3.98. The minimum Gasteiger partial charge on any atom is -0.334 e. The van der Waals surface area contributed by atoms with Crippen LogP contribution < -0.4 is 16.4 Å². The summed E-state index contributed by atoms with van der Waals surface area (Å²) in [7, 11) is 0. The normalized spacial score (nSPS) is 21.7. The van der Waals surface area contributed by atoms with E-state index in [1.807, 2.05) is 5.32 Å². The SMILES string of the molecule is N[C@@H]1CCCCC1NC(=O)Nc1cc(C(F)(F)F)cc(C(F)(F)F)c1. The maximum absolute atomic E-state index is 12.8. The summed E-state index contributed by atoms with van der Waals surface area (Å²) < 4.78 is 76.7. The highest BCUT2D eigenvalue weighted by atomic mass is 19.4. The lowest BCUT2D eigenvalue weighted by atomic mass is 9.91. The second kappa shape index (κ2) is 7.11. The van der Waals surface area contributed by atoms with Crippen LogP contribution in [0.25, 0.3) is 0 Å². The molecule has 0 bridgehead atoms. The van der Waals surface area contributed by atoms with Gasteiger partial charge in [0.1, 0.15) is 0 Å². The standard InChI is InChI=1S/C15H17F6N3O/c16-14(17,18)8-5-9(15(19,20)21)7-10(6-8)23-13(25)24-12-4-2-1-3-11(12)22/h5-7,11-12H,1-4,22H2,(H2,23,24,25)/t11-,12?/m1/s1. The van der Waals surface area contributed by atoms with Gasteiger partial charge in [0.05, 0.1) is 11.1 Å². The molecule has 4 N–H and O–H groups in total. The number of alkyl halides is 6. The van der Waals surface area contributed by atoms with Crippen LogP contribution in [0.15, 0.2) is 18.2 Å². The van der Waals surface area contributed by atoms with Crippen LogP contribution in [0.5, 0.6) is 0 Å². The van der Waals surface area contributed by atoms with E-state index in [0.717, 1.165) is 12.8 Å². The first-order chi connectivity index (χ1) is 11.5. The molecule has 0 spiro atoms. The predicted molar refractivity (Wildman–Crippen MR) is 78.8 cm³/mol. The summed E-state index contributed by atoms with van der Waals surface area (Å²) in [5, 5.41) is 4.53. The van der Waals surface area contributed by atoms with Gasteiger partial charge in [-0.1, -0.05) is 12.8 Å². The van der Waals surface area contributed by atoms with E-state index in [1.165, 1.54) is 0 Å². The van der Waals surface area contributed by atoms with E-state index < -0.39 is 35.2 Å². The van der Waals surface area contributed by atoms with Crippen LogP contribution in [-0.4, -0.2) is 18.1 Å². The van der Waals surface area contributed by atoms with Gasteiger partial charge in [-0.15, -0.1) is 0 Å². The molecule has 1 aliphatic carbocycles. The van der Waals surface area contributed by atoms with E-state index in [9.17, 15) is 31.1 Å². The maximum atomic E-state index is 12.8. The van der Waals surface area contributed by atoms with Crippen LogP contribution in [0.3, 0.4) is 0 Å². The number of hydrogen-bond donors (Lipinski definition) is 3. The van der Waals surface area contributed by atoms with Gasteiger partial charge >= 0.3 is 18.4 Å². The van der Waals surface area contributed by atoms with Crippen molar-refractivity contribution in [3.05, 3.63) is 29.3 Å². The van der Waals surface area contributed by atoms with Crippen molar-refractivity contribution < 1.29 is 31.1 Å². The van der Waals surface area contributed by atoms with Gasteiger partial charge in [-0.05, 0) is 31.0 Å². The van der Waals surface area contributed by atoms with E-state index in [-0.39, 0.29) is 18.2 Å². The molecule has 10 heteroatoms. The van der Waals surface area contributed by atoms with E-state index in [4.69, 9.17) is 5.73 Å². The summed E-state index contributed by atoms with van der Waals surface area (Å²) in [5.41, 5.74) is 2.26. The van der Waals surface area contributed by atoms with Crippen LogP contribution in [0.2, 0.25) is 0 Å². The van der Waals surface area contributed by atoms with E-state index in [0.29, 0.717) is 25.0 Å². The third kappa shape index (κ3) is 5.25. The molecule has 25 heavy (non-hydrogen) atoms. The Morgan fingerprint density at radius 2 is 1.48 bits per heavy atom. The number of nitrogens with two attached hydrogens (primary N) is 1. The Morgan fingerprint density at radius 1 is 0.960 bits per heavy atom. The molecule has 1 unspecified atom stereocenters. The molecule has 140 valence electrons. The summed E-state index contributed by atoms with van der Waals surface area (Å²) >= 11 is 0. The van der Waals surface area contributed by atoms with Crippen molar-refractivity contribution >= 4 is 11.7 Å². The molecule has 2 rings (SSSR count). The van der Waals surface area contributed by atoms with Crippen molar-refractivity contribution in [3.63, 3.8) is 0 Å². The fraction of sp³-hybridized carbons (Fsp3) is 0.533. The molecular formula is C15H17F6N3O. The van der Waals surface area contributed by atoms with Crippen LogP contribution in [0, 0.1) is 0 Å². The first-order valence-electron chi connectivity index (χ1n) is 7.59. The van der Waals surface area contributed by atoms with E-state index >= 15 is 0 Å². The van der Waals surface area contributed by atoms with Crippen molar-refractivity contribution in [1.29, 1.82) is 0 Å². The van der Waals surface area contributed by atoms with E-state index in [1.54, 1.807) is 0 Å². The largest absolute Gasteiger partial charge is 0.416 e. The number of nitrogens with one attached hydrogen (secondary N) is 2. The van der Waals surface area contributed by atoms with Gasteiger partial charge in [0.2, 0.25) is 0 Å². The lowest BCUT2D eigenvalue weighted by molar-refractivity contribution is -0.143. The summed E-state index contributed by atoms with van der Waals surface area (Å²) in [6.45, 7) is 0. The van der Waals surface area contributed by atoms with Crippen LogP contribution in [-0.2, 0) is 12.4 Å². The lowest BCUT2D eigenvalue weighted by Crippen LogP contribution is -2.50. The van der Waals surface area contributed by atoms with Crippen LogP contribution in [0.1, 0.15) is 36.8 Å². The molecule has 0 aromatic heterocycles. The molecule has 0 aliphatic heterocycles. The first kappa shape index (κ1) is 19.4. The number of hydrogen-bond acceptors (Lipinski definition) is 2. The van der Waals surface area contributed by atoms with Crippen molar-refractivity contribution in [2.45, 2.75) is 50.1 Å². The number of halogens is 6. The zero-order valence-electron chi connectivity index (χ0n) is 13.0. The number of rotatable bonds is 2. The number of urea groups is 1. The van der Waals surface area contributed by atoms with Crippen LogP contribution in [0.4, 0.5) is 36.8 Å². The maximum Gasteiger partial charge on any atom is 0.416 e. The van der Waals surface area contributed by atoms with Gasteiger partial charge < -0.3 is 16.4 Å². The summed E-state index contributed by atoms with van der Waals surface area (Å²) in [6.07, 6.45) is -6.92. The number of carbonyl (C=O) groups excluding carboxylic acids is 1. The van der Waals surface area contributed by atoms with Crippen molar-refractivity contribution in [1.82, 2.24) is 5.32 Å². The van der Waals surface area contributed by atoms with Crippen molar-refractivity contribution in [2.24, 2.45) is 5.73 Å². The van der Waals surface area contributed by atoms with E-state index in [2.05, 4.69) is 5.32 Å². The van der Waals surface area contributed by atoms with Gasteiger partial charge in [-0.2, -0.15) is 26.3 Å². The molecule has 1 fully saturated rings. The molecule has 1 aromatic carbocycles. The average Bonchev–Trinajstić information content (AvgIpc) is 2.47. The molecule has 0 radical (unpaired) electrons. The highest BCUT2D eigenvalue weighted by Gasteiger charge is 2.37. The third-order valence-corrected chi connectivity index (χ3v) is 3.98. The molecule has 2 amide bonds. The Morgan fingerprint density at radius 3 is 1.96 bits per heavy atom. The highest BCUT2D eigenvalue weighted by molar-refractivity contribution is 5.89. The van der Waals surface area contributed by atoms with Gasteiger partial charge in [-0.3, -0.25) is 0 Å². The number of benzene rings is 1. The predicted octanol–water partition coefficient (Wildman–Crippen LogP) is 4.12. The Balaban J connectivity index is 2.18. The monoisotopic (exact) mass is 369 g/mol. The number of anilines is 1. The Hall–Kier alpha value is -1.97.